The van der Waals surface area contributed by atoms with E-state index < -0.39 is 0 Å². The Morgan fingerprint density at radius 3 is 1.41 bits per heavy atom. The van der Waals surface area contributed by atoms with Crippen molar-refractivity contribution >= 4 is 11.4 Å². The van der Waals surface area contributed by atoms with Crippen LogP contribution in [0.15, 0.2) is 35.9 Å². The Morgan fingerprint density at radius 2 is 0.932 bits per heavy atom. The zero-order valence-electron chi connectivity index (χ0n) is 39.7. The molecule has 0 unspecified atom stereocenters. The van der Waals surface area contributed by atoms with Gasteiger partial charge in [-0.1, -0.05) is 72.6 Å². The number of benzene rings is 2. The van der Waals surface area contributed by atoms with Gasteiger partial charge in [-0.15, -0.1) is 0 Å². The third-order valence-electron chi connectivity index (χ3n) is 11.9. The quantitative estimate of drug-likeness (QED) is 0.0370. The summed E-state index contributed by atoms with van der Waals surface area (Å²) in [4.78, 5) is 6.20. The third-order valence-corrected chi connectivity index (χ3v) is 12.5. The molecule has 3 heteroatoms. The summed E-state index contributed by atoms with van der Waals surface area (Å²) in [6, 6.07) is 9.36. The first kappa shape index (κ1) is 52.3. The van der Waals surface area contributed by atoms with Crippen molar-refractivity contribution in [3.8, 4) is 21.6 Å². The Kier molecular flexibility index (Phi) is 29.1. The Balaban J connectivity index is 0.000000532. The third kappa shape index (κ3) is 20.0. The molecule has 2 aromatic carbocycles. The van der Waals surface area contributed by atoms with Crippen LogP contribution in [-0.2, 0) is 33.7 Å². The second kappa shape index (κ2) is 32.8. The molecule has 0 aromatic heterocycles. The van der Waals surface area contributed by atoms with Gasteiger partial charge in [-0.3, -0.25) is 0 Å². The number of hydrogen-bond acceptors (Lipinski definition) is 0. The standard InChI is InChI=1S/C38H56N2.2C9H15.Ni/c1-8-12-16-17-18-21-33-27-37(34-23-28(5)30(7)29(6)24-34)40(39)38(33)35-25-31(19-13-9-2)36(22-15-11-4)32(26-35)20-14-10-3;2*1-3-5-7-9-8-6-4-2;/h23-27H,8-22H2,1-7H3;2*3,5-9H2,1H3;. The molecular formula is C56H86N2Ni. The fraction of sp³-hybridized carbons (Fsp3) is 0.643. The number of rotatable bonds is 27. The molecule has 2 nitrogen and oxygen atoms in total. The monoisotopic (exact) mass is 845 g/mol. The summed E-state index contributed by atoms with van der Waals surface area (Å²) in [6.07, 6.45) is 35.7. The van der Waals surface area contributed by atoms with Crippen LogP contribution in [0.3, 0.4) is 0 Å². The average molecular weight is 846 g/mol. The number of allylic oxidation sites excluding steroid dienone is 2. The fourth-order valence-electron chi connectivity index (χ4n) is 7.94. The predicted molar refractivity (Wildman–Crippen MR) is 257 cm³/mol. The number of aryl methyl sites for hydroxylation is 4. The van der Waals surface area contributed by atoms with Gasteiger partial charge in [-0.2, -0.15) is 0 Å². The van der Waals surface area contributed by atoms with E-state index in [1.165, 1.54) is 199 Å². The summed E-state index contributed by atoms with van der Waals surface area (Å²) in [5.74, 6) is 6.40. The molecule has 330 valence electrons. The van der Waals surface area contributed by atoms with Gasteiger partial charge in [0.25, 0.3) is 0 Å². The number of nitrogens with zero attached hydrogens (tertiary/aromatic N) is 2. The Bertz CT molecular complexity index is 1620. The first-order valence-corrected chi connectivity index (χ1v) is 25.5. The molecule has 2 aromatic rings. The van der Waals surface area contributed by atoms with E-state index in [0.717, 1.165) is 49.1 Å². The van der Waals surface area contributed by atoms with E-state index >= 15 is 0 Å². The summed E-state index contributed by atoms with van der Waals surface area (Å²) in [6.45, 7) is 20.2. The van der Waals surface area contributed by atoms with Crippen molar-refractivity contribution in [3.05, 3.63) is 86.0 Å². The van der Waals surface area contributed by atoms with Crippen LogP contribution in [0.2, 0.25) is 0 Å². The molecule has 59 heavy (non-hydrogen) atoms. The molecule has 1 aliphatic heterocycles. The summed E-state index contributed by atoms with van der Waals surface area (Å²) in [5, 5.41) is 0. The van der Waals surface area contributed by atoms with Crippen molar-refractivity contribution in [2.75, 3.05) is 0 Å². The van der Waals surface area contributed by atoms with E-state index in [4.69, 9.17) is 0 Å². The normalized spacial score (nSPS) is 12.2. The van der Waals surface area contributed by atoms with Gasteiger partial charge in [0.1, 0.15) is 0 Å². The summed E-state index contributed by atoms with van der Waals surface area (Å²) in [7, 11) is 0. The molecule has 1 heterocycles. The van der Waals surface area contributed by atoms with Gasteiger partial charge in [0, 0.05) is 22.8 Å². The first-order chi connectivity index (χ1) is 28.8. The second-order valence-electron chi connectivity index (χ2n) is 17.1. The molecule has 0 aliphatic carbocycles. The summed E-state index contributed by atoms with van der Waals surface area (Å²) >= 11 is 1.29. The Hall–Kier alpha value is -2.87. The zero-order chi connectivity index (χ0) is 43.1. The van der Waals surface area contributed by atoms with Crippen molar-refractivity contribution in [3.63, 3.8) is 0 Å². The molecule has 1 aliphatic rings. The topological polar surface area (TPSA) is 25.3 Å². The number of hydrogen-bond donors (Lipinski definition) is 0. The maximum Gasteiger partial charge on any atom is 0.210 e. The second-order valence-corrected chi connectivity index (χ2v) is 17.9. The van der Waals surface area contributed by atoms with Crippen molar-refractivity contribution in [2.45, 2.75) is 236 Å². The van der Waals surface area contributed by atoms with E-state index in [0.29, 0.717) is 0 Å². The SMILES string of the molecule is CCCCCCCC#[C][Ni][C]#CCCCCCCC.CCCCCCCC1=C(c2cc(CCCC)c(CCCC)c(CCCC)c2)[N+](=[N-])C(c2cc(C)c(C)c(C)c2)=C1. The minimum absolute atomic E-state index is 0.921. The molecule has 0 spiro atoms. The molecule has 0 saturated carbocycles. The smallest absolute Gasteiger partial charge is 0.210 e. The van der Waals surface area contributed by atoms with Gasteiger partial charge in [0.15, 0.2) is 0 Å². The van der Waals surface area contributed by atoms with Gasteiger partial charge in [-0.25, -0.2) is 4.70 Å². The molecule has 0 bridgehead atoms. The Labute approximate surface area is 372 Å². The predicted octanol–water partition coefficient (Wildman–Crippen LogP) is 17.5. The van der Waals surface area contributed by atoms with E-state index in [9.17, 15) is 5.53 Å². The van der Waals surface area contributed by atoms with Crippen LogP contribution < -0.4 is 0 Å². The van der Waals surface area contributed by atoms with E-state index in [-0.39, 0.29) is 0 Å². The van der Waals surface area contributed by atoms with Crippen molar-refractivity contribution in [1.29, 1.82) is 0 Å². The molecular weight excluding hydrogens is 759 g/mol. The molecule has 0 N–H and O–H groups in total. The van der Waals surface area contributed by atoms with Crippen LogP contribution in [0, 0.1) is 42.4 Å². The van der Waals surface area contributed by atoms with Gasteiger partial charge in [0.05, 0.1) is 0 Å². The van der Waals surface area contributed by atoms with E-state index in [1.807, 2.05) is 0 Å². The molecule has 0 radical (unpaired) electrons. The maximum atomic E-state index is 11.9. The van der Waals surface area contributed by atoms with Gasteiger partial charge in [0.2, 0.25) is 11.4 Å². The summed E-state index contributed by atoms with van der Waals surface area (Å²) in [5.41, 5.74) is 25.9. The molecule has 3 rings (SSSR count). The molecule has 0 saturated heterocycles. The van der Waals surface area contributed by atoms with Crippen LogP contribution in [0.1, 0.15) is 240 Å². The van der Waals surface area contributed by atoms with Crippen LogP contribution in [0.4, 0.5) is 0 Å². The van der Waals surface area contributed by atoms with E-state index in [1.54, 1.807) is 5.56 Å². The number of unbranched alkanes of at least 4 members (excludes halogenated alkanes) is 17. The molecule has 0 atom stereocenters. The van der Waals surface area contributed by atoms with Crippen LogP contribution >= 0.6 is 0 Å². The van der Waals surface area contributed by atoms with Crippen molar-refractivity contribution < 1.29 is 19.1 Å². The zero-order valence-corrected chi connectivity index (χ0v) is 40.7. The Morgan fingerprint density at radius 1 is 0.492 bits per heavy atom. The first-order valence-electron chi connectivity index (χ1n) is 24.5. The van der Waals surface area contributed by atoms with Crippen molar-refractivity contribution in [2.24, 2.45) is 0 Å². The van der Waals surface area contributed by atoms with Gasteiger partial charge >= 0.3 is 127 Å². The minimum atomic E-state index is 0.921. The minimum Gasteiger partial charge on any atom is -0.493 e. The fourth-order valence-corrected chi connectivity index (χ4v) is 8.42. The van der Waals surface area contributed by atoms with Crippen LogP contribution in [0.25, 0.3) is 16.9 Å². The maximum absolute atomic E-state index is 11.9. The average Bonchev–Trinajstić information content (AvgIpc) is 3.57. The van der Waals surface area contributed by atoms with Crippen LogP contribution in [0.5, 0.6) is 0 Å². The molecule has 0 fully saturated rings. The summed E-state index contributed by atoms with van der Waals surface area (Å²) < 4.78 is 1.53. The molecule has 0 amide bonds. The largest absolute Gasteiger partial charge is 0.493 e. The van der Waals surface area contributed by atoms with Gasteiger partial charge in [-0.05, 0) is 130 Å². The van der Waals surface area contributed by atoms with Crippen molar-refractivity contribution in [1.82, 2.24) is 0 Å². The van der Waals surface area contributed by atoms with Gasteiger partial charge < -0.3 is 5.53 Å². The van der Waals surface area contributed by atoms with Crippen LogP contribution in [-0.4, -0.2) is 4.70 Å². The van der Waals surface area contributed by atoms with E-state index in [2.05, 4.69) is 114 Å².